The third kappa shape index (κ3) is 6.60. The van der Waals surface area contributed by atoms with Gasteiger partial charge in [-0.3, -0.25) is 9.69 Å². The molecule has 1 fully saturated rings. The lowest BCUT2D eigenvalue weighted by Gasteiger charge is -2.16. The molecule has 1 rings (SSSR count). The molecule has 0 aromatic heterocycles. The van der Waals surface area contributed by atoms with Gasteiger partial charge in [0, 0.05) is 19.6 Å². The average molecular weight is 250 g/mol. The number of allylic oxidation sites excluding steroid dienone is 3. The molecule has 1 aliphatic rings. The summed E-state index contributed by atoms with van der Waals surface area (Å²) in [7, 11) is 0. The van der Waals surface area contributed by atoms with E-state index in [1.54, 1.807) is 0 Å². The van der Waals surface area contributed by atoms with Gasteiger partial charge in [-0.2, -0.15) is 0 Å². The first kappa shape index (κ1) is 15.0. The second kappa shape index (κ2) is 8.09. The molecule has 0 unspecified atom stereocenters. The van der Waals surface area contributed by atoms with Crippen LogP contribution < -0.4 is 5.32 Å². The number of amides is 1. The van der Waals surface area contributed by atoms with Crippen molar-refractivity contribution in [2.75, 3.05) is 26.2 Å². The highest BCUT2D eigenvalue weighted by atomic mass is 16.2. The van der Waals surface area contributed by atoms with E-state index >= 15 is 0 Å². The highest BCUT2D eigenvalue weighted by molar-refractivity contribution is 5.78. The van der Waals surface area contributed by atoms with Crippen molar-refractivity contribution in [1.82, 2.24) is 10.2 Å². The van der Waals surface area contributed by atoms with Crippen molar-refractivity contribution in [3.05, 3.63) is 23.3 Å². The lowest BCUT2D eigenvalue weighted by atomic mass is 10.1. The summed E-state index contributed by atoms with van der Waals surface area (Å²) < 4.78 is 0. The van der Waals surface area contributed by atoms with E-state index in [9.17, 15) is 4.79 Å². The Bertz CT molecular complexity index is 327. The SMILES string of the molecule is CC(C)=CCCC(C)=CCN1CCCNC(=O)C1. The fourth-order valence-corrected chi connectivity index (χ4v) is 2.00. The lowest BCUT2D eigenvalue weighted by Crippen LogP contribution is -2.33. The molecule has 0 aliphatic carbocycles. The van der Waals surface area contributed by atoms with Gasteiger partial charge >= 0.3 is 0 Å². The molecule has 0 radical (unpaired) electrons. The Labute approximate surface area is 111 Å². The summed E-state index contributed by atoms with van der Waals surface area (Å²) in [5, 5.41) is 2.90. The topological polar surface area (TPSA) is 32.3 Å². The maximum Gasteiger partial charge on any atom is 0.234 e. The van der Waals surface area contributed by atoms with Crippen LogP contribution in [-0.4, -0.2) is 37.0 Å². The molecule has 0 spiro atoms. The van der Waals surface area contributed by atoms with Crippen LogP contribution in [0.3, 0.4) is 0 Å². The Morgan fingerprint density at radius 2 is 2.11 bits per heavy atom. The summed E-state index contributed by atoms with van der Waals surface area (Å²) in [4.78, 5) is 13.6. The molecular weight excluding hydrogens is 224 g/mol. The van der Waals surface area contributed by atoms with Crippen LogP contribution in [0.4, 0.5) is 0 Å². The smallest absolute Gasteiger partial charge is 0.234 e. The number of hydrogen-bond donors (Lipinski definition) is 1. The molecule has 3 nitrogen and oxygen atoms in total. The monoisotopic (exact) mass is 250 g/mol. The molecular formula is C15H26N2O. The van der Waals surface area contributed by atoms with E-state index in [4.69, 9.17) is 0 Å². The molecule has 0 atom stereocenters. The quantitative estimate of drug-likeness (QED) is 0.760. The van der Waals surface area contributed by atoms with Gasteiger partial charge in [-0.25, -0.2) is 0 Å². The molecule has 102 valence electrons. The van der Waals surface area contributed by atoms with E-state index in [0.29, 0.717) is 6.54 Å². The third-order valence-corrected chi connectivity index (χ3v) is 3.13. The van der Waals surface area contributed by atoms with Gasteiger partial charge in [0.25, 0.3) is 0 Å². The van der Waals surface area contributed by atoms with Gasteiger partial charge in [-0.1, -0.05) is 23.3 Å². The highest BCUT2D eigenvalue weighted by Gasteiger charge is 2.12. The Balaban J connectivity index is 2.32. The van der Waals surface area contributed by atoms with Crippen LogP contribution in [0.15, 0.2) is 23.3 Å². The molecule has 1 saturated heterocycles. The number of hydrogen-bond acceptors (Lipinski definition) is 2. The number of carbonyl (C=O) groups is 1. The van der Waals surface area contributed by atoms with Crippen LogP contribution in [0.1, 0.15) is 40.0 Å². The normalized spacial score (nSPS) is 18.2. The Hall–Kier alpha value is -1.09. The fourth-order valence-electron chi connectivity index (χ4n) is 2.00. The van der Waals surface area contributed by atoms with Crippen LogP contribution in [0, 0.1) is 0 Å². The summed E-state index contributed by atoms with van der Waals surface area (Å²) in [6.07, 6.45) is 7.82. The minimum Gasteiger partial charge on any atom is -0.355 e. The summed E-state index contributed by atoms with van der Waals surface area (Å²) in [5.41, 5.74) is 2.80. The number of nitrogens with one attached hydrogen (secondary N) is 1. The summed E-state index contributed by atoms with van der Waals surface area (Å²) in [6.45, 7) is 9.71. The average Bonchev–Trinajstić information content (AvgIpc) is 2.50. The fraction of sp³-hybridized carbons (Fsp3) is 0.667. The van der Waals surface area contributed by atoms with E-state index in [2.05, 4.69) is 43.1 Å². The molecule has 0 saturated carbocycles. The first-order valence-electron chi connectivity index (χ1n) is 6.86. The largest absolute Gasteiger partial charge is 0.355 e. The van der Waals surface area contributed by atoms with Crippen LogP contribution in [0.25, 0.3) is 0 Å². The molecule has 1 N–H and O–H groups in total. The summed E-state index contributed by atoms with van der Waals surface area (Å²) >= 11 is 0. The lowest BCUT2D eigenvalue weighted by molar-refractivity contribution is -0.121. The summed E-state index contributed by atoms with van der Waals surface area (Å²) in [5.74, 6) is 0.156. The maximum atomic E-state index is 11.4. The predicted octanol–water partition coefficient (Wildman–Crippen LogP) is 2.50. The zero-order valence-electron chi connectivity index (χ0n) is 12.0. The van der Waals surface area contributed by atoms with Crippen molar-refractivity contribution in [3.63, 3.8) is 0 Å². The molecule has 0 aromatic carbocycles. The third-order valence-electron chi connectivity index (χ3n) is 3.13. The molecule has 0 bridgehead atoms. The van der Waals surface area contributed by atoms with Gasteiger partial charge in [-0.15, -0.1) is 0 Å². The van der Waals surface area contributed by atoms with E-state index in [-0.39, 0.29) is 5.91 Å². The van der Waals surface area contributed by atoms with E-state index in [1.807, 2.05) is 0 Å². The van der Waals surface area contributed by atoms with Crippen molar-refractivity contribution < 1.29 is 4.79 Å². The van der Waals surface area contributed by atoms with Crippen molar-refractivity contribution in [2.24, 2.45) is 0 Å². The van der Waals surface area contributed by atoms with Gasteiger partial charge < -0.3 is 5.32 Å². The van der Waals surface area contributed by atoms with Gasteiger partial charge in [0.1, 0.15) is 0 Å². The van der Waals surface area contributed by atoms with Crippen LogP contribution >= 0.6 is 0 Å². The molecule has 18 heavy (non-hydrogen) atoms. The Kier molecular flexibility index (Phi) is 6.73. The first-order chi connectivity index (χ1) is 8.58. The molecule has 0 aromatic rings. The van der Waals surface area contributed by atoms with Crippen LogP contribution in [-0.2, 0) is 4.79 Å². The Morgan fingerprint density at radius 1 is 1.33 bits per heavy atom. The molecule has 1 amide bonds. The predicted molar refractivity (Wildman–Crippen MR) is 76.5 cm³/mol. The van der Waals surface area contributed by atoms with Crippen molar-refractivity contribution in [3.8, 4) is 0 Å². The number of rotatable bonds is 5. The molecule has 3 heteroatoms. The summed E-state index contributed by atoms with van der Waals surface area (Å²) in [6, 6.07) is 0. The van der Waals surface area contributed by atoms with Crippen molar-refractivity contribution in [2.45, 2.75) is 40.0 Å². The standard InChI is InChI=1S/C15H26N2O/c1-13(2)6-4-7-14(3)8-11-17-10-5-9-16-15(18)12-17/h6,8H,4-5,7,9-12H2,1-3H3,(H,16,18). The zero-order chi connectivity index (χ0) is 13.4. The highest BCUT2D eigenvalue weighted by Crippen LogP contribution is 2.07. The van der Waals surface area contributed by atoms with Gasteiger partial charge in [0.15, 0.2) is 0 Å². The maximum absolute atomic E-state index is 11.4. The second-order valence-corrected chi connectivity index (χ2v) is 5.31. The van der Waals surface area contributed by atoms with E-state index < -0.39 is 0 Å². The van der Waals surface area contributed by atoms with Crippen LogP contribution in [0.5, 0.6) is 0 Å². The minimum absolute atomic E-state index is 0.156. The molecule has 1 aliphatic heterocycles. The van der Waals surface area contributed by atoms with Gasteiger partial charge in [0.2, 0.25) is 5.91 Å². The van der Waals surface area contributed by atoms with Crippen molar-refractivity contribution >= 4 is 5.91 Å². The second-order valence-electron chi connectivity index (χ2n) is 5.31. The van der Waals surface area contributed by atoms with Gasteiger partial charge in [0.05, 0.1) is 6.54 Å². The Morgan fingerprint density at radius 3 is 2.83 bits per heavy atom. The zero-order valence-corrected chi connectivity index (χ0v) is 12.0. The number of carbonyl (C=O) groups excluding carboxylic acids is 1. The molecule has 1 heterocycles. The first-order valence-corrected chi connectivity index (χ1v) is 6.86. The minimum atomic E-state index is 0.156. The van der Waals surface area contributed by atoms with Crippen LogP contribution in [0.2, 0.25) is 0 Å². The van der Waals surface area contributed by atoms with E-state index in [1.165, 1.54) is 11.1 Å². The van der Waals surface area contributed by atoms with Crippen molar-refractivity contribution in [1.29, 1.82) is 0 Å². The van der Waals surface area contributed by atoms with Gasteiger partial charge in [-0.05, 0) is 40.0 Å². The number of nitrogens with zero attached hydrogens (tertiary/aromatic N) is 1. The van der Waals surface area contributed by atoms with E-state index in [0.717, 1.165) is 38.9 Å².